The predicted octanol–water partition coefficient (Wildman–Crippen LogP) is 3.58. The molecule has 0 radical (unpaired) electrons. The van der Waals surface area contributed by atoms with Gasteiger partial charge < -0.3 is 11.1 Å². The van der Waals surface area contributed by atoms with E-state index in [1.54, 1.807) is 12.1 Å². The Hall–Kier alpha value is -1.94. The monoisotopic (exact) mass is 327 g/mol. The van der Waals surface area contributed by atoms with Gasteiger partial charge in [-0.15, -0.1) is 0 Å². The molecular weight excluding hydrogens is 301 g/mol. The maximum atomic E-state index is 13.9. The van der Waals surface area contributed by atoms with Gasteiger partial charge in [-0.3, -0.25) is 0 Å². The molecule has 0 unspecified atom stereocenters. The molecule has 3 rings (SSSR count). The Morgan fingerprint density at radius 2 is 1.92 bits per heavy atom. The number of benzene rings is 1. The number of halogens is 1. The molecule has 1 aromatic carbocycles. The van der Waals surface area contributed by atoms with Gasteiger partial charge >= 0.3 is 0 Å². The molecule has 0 saturated carbocycles. The molecule has 128 valence electrons. The number of hydrogen-bond donors (Lipinski definition) is 2. The molecule has 1 fully saturated rings. The first-order chi connectivity index (χ1) is 11.6. The van der Waals surface area contributed by atoms with Crippen molar-refractivity contribution in [2.24, 2.45) is 0 Å². The Morgan fingerprint density at radius 3 is 2.62 bits per heavy atom. The van der Waals surface area contributed by atoms with E-state index in [-0.39, 0.29) is 5.82 Å². The lowest BCUT2D eigenvalue weighted by Gasteiger charge is -2.11. The zero-order chi connectivity index (χ0) is 16.9. The number of hydrogen-bond acceptors (Lipinski definition) is 3. The van der Waals surface area contributed by atoms with Crippen LogP contribution >= 0.6 is 0 Å². The Morgan fingerprint density at radius 1 is 1.12 bits per heavy atom. The van der Waals surface area contributed by atoms with Crippen molar-refractivity contribution >= 4 is 5.82 Å². The van der Waals surface area contributed by atoms with Crippen LogP contribution in [0.3, 0.4) is 0 Å². The zero-order valence-electron chi connectivity index (χ0n) is 14.3. The molecule has 2 heterocycles. The Labute approximate surface area is 143 Å². The molecule has 24 heavy (non-hydrogen) atoms. The summed E-state index contributed by atoms with van der Waals surface area (Å²) in [5, 5.41) is 3.50. The molecule has 0 spiro atoms. The van der Waals surface area contributed by atoms with Crippen molar-refractivity contribution in [2.75, 3.05) is 12.3 Å². The van der Waals surface area contributed by atoms with E-state index in [2.05, 4.69) is 16.4 Å². The standard InChI is InChI=1S/C20H26FN3/c1-14-9-19(24-20(22)10-14)7-5-16-11-15(12-17(21)13-16)4-6-18-3-2-8-23-18/h9-13,18,23H,2-8H2,1H3,(H2,22,24)/t18-/m0/s1. The second-order valence-electron chi connectivity index (χ2n) is 6.86. The van der Waals surface area contributed by atoms with Crippen LogP contribution in [-0.4, -0.2) is 17.6 Å². The van der Waals surface area contributed by atoms with Crippen LogP contribution in [0.4, 0.5) is 10.2 Å². The summed E-state index contributed by atoms with van der Waals surface area (Å²) in [6.07, 6.45) is 6.06. The van der Waals surface area contributed by atoms with E-state index in [0.717, 1.165) is 54.6 Å². The Balaban J connectivity index is 1.62. The van der Waals surface area contributed by atoms with Crippen molar-refractivity contribution < 1.29 is 4.39 Å². The normalized spacial score (nSPS) is 17.3. The minimum Gasteiger partial charge on any atom is -0.384 e. The fourth-order valence-electron chi connectivity index (χ4n) is 3.52. The highest BCUT2D eigenvalue weighted by atomic mass is 19.1. The molecule has 1 atom stereocenters. The van der Waals surface area contributed by atoms with Crippen LogP contribution in [0.2, 0.25) is 0 Å². The van der Waals surface area contributed by atoms with Gasteiger partial charge in [-0.05, 0) is 92.9 Å². The van der Waals surface area contributed by atoms with Crippen LogP contribution in [0.1, 0.15) is 41.6 Å². The van der Waals surface area contributed by atoms with E-state index in [9.17, 15) is 4.39 Å². The summed E-state index contributed by atoms with van der Waals surface area (Å²) in [7, 11) is 0. The summed E-state index contributed by atoms with van der Waals surface area (Å²) < 4.78 is 13.9. The van der Waals surface area contributed by atoms with Gasteiger partial charge in [0.05, 0.1) is 0 Å². The number of rotatable bonds is 6. The van der Waals surface area contributed by atoms with Gasteiger partial charge in [0.15, 0.2) is 0 Å². The van der Waals surface area contributed by atoms with E-state index in [0.29, 0.717) is 11.9 Å². The van der Waals surface area contributed by atoms with E-state index in [4.69, 9.17) is 5.73 Å². The number of nitrogens with one attached hydrogen (secondary N) is 1. The Kier molecular flexibility index (Phi) is 5.46. The molecule has 0 amide bonds. The highest BCUT2D eigenvalue weighted by Gasteiger charge is 2.14. The number of anilines is 1. The van der Waals surface area contributed by atoms with Gasteiger partial charge in [0.1, 0.15) is 11.6 Å². The van der Waals surface area contributed by atoms with Crippen LogP contribution in [0.5, 0.6) is 0 Å². The minimum absolute atomic E-state index is 0.140. The largest absolute Gasteiger partial charge is 0.384 e. The van der Waals surface area contributed by atoms with Crippen LogP contribution < -0.4 is 11.1 Å². The first kappa shape index (κ1) is 16.9. The van der Waals surface area contributed by atoms with Crippen molar-refractivity contribution in [1.29, 1.82) is 0 Å². The molecule has 2 aromatic rings. The van der Waals surface area contributed by atoms with Crippen molar-refractivity contribution in [1.82, 2.24) is 10.3 Å². The number of aromatic nitrogens is 1. The van der Waals surface area contributed by atoms with Gasteiger partial charge in [0, 0.05) is 11.7 Å². The zero-order valence-corrected chi connectivity index (χ0v) is 14.3. The first-order valence-electron chi connectivity index (χ1n) is 8.83. The molecule has 4 heteroatoms. The number of aryl methyl sites for hydroxylation is 4. The molecular formula is C20H26FN3. The quantitative estimate of drug-likeness (QED) is 0.852. The van der Waals surface area contributed by atoms with Crippen molar-refractivity contribution in [3.63, 3.8) is 0 Å². The van der Waals surface area contributed by atoms with E-state index in [1.807, 2.05) is 19.1 Å². The molecule has 1 saturated heterocycles. The van der Waals surface area contributed by atoms with Gasteiger partial charge in [0.25, 0.3) is 0 Å². The van der Waals surface area contributed by atoms with Crippen LogP contribution in [-0.2, 0) is 19.3 Å². The third-order valence-corrected chi connectivity index (χ3v) is 4.67. The maximum absolute atomic E-state index is 13.9. The van der Waals surface area contributed by atoms with Gasteiger partial charge in [-0.2, -0.15) is 0 Å². The Bertz CT molecular complexity index is 673. The molecule has 1 aliphatic heterocycles. The summed E-state index contributed by atoms with van der Waals surface area (Å²) in [5.41, 5.74) is 10.0. The lowest BCUT2D eigenvalue weighted by Crippen LogP contribution is -2.21. The summed E-state index contributed by atoms with van der Waals surface area (Å²) in [6, 6.07) is 9.94. The summed E-state index contributed by atoms with van der Waals surface area (Å²) >= 11 is 0. The van der Waals surface area contributed by atoms with Gasteiger partial charge in [-0.1, -0.05) is 6.07 Å². The maximum Gasteiger partial charge on any atom is 0.123 e. The summed E-state index contributed by atoms with van der Waals surface area (Å²) in [4.78, 5) is 4.36. The molecule has 0 bridgehead atoms. The highest BCUT2D eigenvalue weighted by Crippen LogP contribution is 2.17. The van der Waals surface area contributed by atoms with Crippen molar-refractivity contribution in [2.45, 2.75) is 51.5 Å². The second-order valence-corrected chi connectivity index (χ2v) is 6.86. The number of nitrogens with two attached hydrogens (primary N) is 1. The second kappa shape index (κ2) is 7.75. The van der Waals surface area contributed by atoms with Gasteiger partial charge in [0.2, 0.25) is 0 Å². The van der Waals surface area contributed by atoms with Crippen molar-refractivity contribution in [3.05, 3.63) is 58.5 Å². The molecule has 0 aliphatic carbocycles. The smallest absolute Gasteiger partial charge is 0.123 e. The number of nitrogens with zero attached hydrogens (tertiary/aromatic N) is 1. The molecule has 1 aromatic heterocycles. The van der Waals surface area contributed by atoms with Crippen LogP contribution in [0, 0.1) is 12.7 Å². The predicted molar refractivity (Wildman–Crippen MR) is 96.5 cm³/mol. The third kappa shape index (κ3) is 4.78. The topological polar surface area (TPSA) is 50.9 Å². The molecule has 3 N–H and O–H groups in total. The lowest BCUT2D eigenvalue weighted by atomic mass is 9.99. The first-order valence-corrected chi connectivity index (χ1v) is 8.83. The van der Waals surface area contributed by atoms with E-state index >= 15 is 0 Å². The molecule has 1 aliphatic rings. The lowest BCUT2D eigenvalue weighted by molar-refractivity contribution is 0.556. The minimum atomic E-state index is -0.140. The SMILES string of the molecule is Cc1cc(N)nc(CCc2cc(F)cc(CC[C@@H]3CCCN3)c2)c1. The number of pyridine rings is 1. The third-order valence-electron chi connectivity index (χ3n) is 4.67. The highest BCUT2D eigenvalue weighted by molar-refractivity contribution is 5.34. The summed E-state index contributed by atoms with van der Waals surface area (Å²) in [6.45, 7) is 3.13. The van der Waals surface area contributed by atoms with E-state index < -0.39 is 0 Å². The van der Waals surface area contributed by atoms with Gasteiger partial charge in [-0.25, -0.2) is 9.37 Å². The van der Waals surface area contributed by atoms with Crippen LogP contribution in [0.25, 0.3) is 0 Å². The fourth-order valence-corrected chi connectivity index (χ4v) is 3.52. The fraction of sp³-hybridized carbons (Fsp3) is 0.450. The van der Waals surface area contributed by atoms with Crippen LogP contribution in [0.15, 0.2) is 30.3 Å². The average Bonchev–Trinajstić information content (AvgIpc) is 3.03. The van der Waals surface area contributed by atoms with Crippen molar-refractivity contribution in [3.8, 4) is 0 Å². The van der Waals surface area contributed by atoms with E-state index in [1.165, 1.54) is 12.8 Å². The summed E-state index contributed by atoms with van der Waals surface area (Å²) in [5.74, 6) is 0.410. The average molecular weight is 327 g/mol. The number of nitrogen functional groups attached to an aromatic ring is 1. The molecule has 3 nitrogen and oxygen atoms in total.